The van der Waals surface area contributed by atoms with Gasteiger partial charge in [-0.3, -0.25) is 0 Å². The Kier molecular flexibility index (Phi) is 6.09. The van der Waals surface area contributed by atoms with Crippen LogP contribution < -0.4 is 10.6 Å². The summed E-state index contributed by atoms with van der Waals surface area (Å²) in [5, 5.41) is 6.45. The Bertz CT molecular complexity index is 589. The van der Waals surface area contributed by atoms with Crippen LogP contribution in [0.5, 0.6) is 0 Å². The molecular weight excluding hydrogens is 283 g/mol. The number of ether oxygens (including phenoxy) is 1. The van der Waals surface area contributed by atoms with E-state index in [1.165, 1.54) is 12.1 Å². The molecule has 0 aliphatic carbocycles. The van der Waals surface area contributed by atoms with E-state index in [2.05, 4.69) is 20.6 Å². The lowest BCUT2D eigenvalue weighted by Crippen LogP contribution is -2.12. The number of nitrogens with one attached hydrogen (secondary N) is 2. The predicted molar refractivity (Wildman–Crippen MR) is 85.7 cm³/mol. The molecule has 0 bridgehead atoms. The first kappa shape index (κ1) is 16.2. The Labute approximate surface area is 129 Å². The quantitative estimate of drug-likeness (QED) is 0.734. The number of anilines is 2. The summed E-state index contributed by atoms with van der Waals surface area (Å²) in [6, 6.07) is 8.40. The van der Waals surface area contributed by atoms with Gasteiger partial charge in [0.25, 0.3) is 0 Å². The summed E-state index contributed by atoms with van der Waals surface area (Å²) in [5.41, 5.74) is 1.08. The Morgan fingerprint density at radius 1 is 1.05 bits per heavy atom. The molecule has 0 radical (unpaired) electrons. The van der Waals surface area contributed by atoms with E-state index < -0.39 is 0 Å². The van der Waals surface area contributed by atoms with Crippen LogP contribution >= 0.6 is 0 Å². The van der Waals surface area contributed by atoms with E-state index in [-0.39, 0.29) is 5.82 Å². The number of aromatic nitrogens is 2. The van der Waals surface area contributed by atoms with Crippen LogP contribution in [0.3, 0.4) is 0 Å². The van der Waals surface area contributed by atoms with Crippen molar-refractivity contribution in [1.29, 1.82) is 0 Å². The van der Waals surface area contributed by atoms with Gasteiger partial charge in [-0.15, -0.1) is 0 Å². The van der Waals surface area contributed by atoms with Crippen LogP contribution in [-0.4, -0.2) is 36.8 Å². The summed E-state index contributed by atoms with van der Waals surface area (Å²) >= 11 is 0. The normalized spacial score (nSPS) is 10.5. The monoisotopic (exact) mass is 304 g/mol. The average Bonchev–Trinajstić information content (AvgIpc) is 2.49. The fraction of sp³-hybridized carbons (Fsp3) is 0.375. The fourth-order valence-electron chi connectivity index (χ4n) is 2.02. The zero-order chi connectivity index (χ0) is 15.8. The summed E-state index contributed by atoms with van der Waals surface area (Å²) in [4.78, 5) is 8.68. The van der Waals surface area contributed by atoms with Crippen molar-refractivity contribution >= 4 is 11.6 Å². The van der Waals surface area contributed by atoms with Crippen LogP contribution in [0.15, 0.2) is 30.3 Å². The van der Waals surface area contributed by atoms with Gasteiger partial charge in [0.2, 0.25) is 0 Å². The second-order valence-electron chi connectivity index (χ2n) is 4.91. The molecule has 2 rings (SSSR count). The number of methoxy groups -OCH3 is 1. The maximum Gasteiger partial charge on any atom is 0.131 e. The van der Waals surface area contributed by atoms with Gasteiger partial charge in [-0.25, -0.2) is 14.4 Å². The second kappa shape index (κ2) is 8.29. The summed E-state index contributed by atoms with van der Waals surface area (Å²) in [7, 11) is 1.66. The van der Waals surface area contributed by atoms with Gasteiger partial charge in [0.15, 0.2) is 0 Å². The molecule has 0 amide bonds. The van der Waals surface area contributed by atoms with Crippen molar-refractivity contribution in [3.63, 3.8) is 0 Å². The third kappa shape index (κ3) is 5.29. The number of aryl methyl sites for hydroxylation is 1. The Morgan fingerprint density at radius 3 is 2.32 bits per heavy atom. The number of halogens is 1. The number of hydrogen-bond acceptors (Lipinski definition) is 5. The first-order chi connectivity index (χ1) is 10.7. The number of hydrogen-bond donors (Lipinski definition) is 2. The van der Waals surface area contributed by atoms with Crippen LogP contribution in [0.1, 0.15) is 11.4 Å². The van der Waals surface area contributed by atoms with Gasteiger partial charge in [0.05, 0.1) is 6.61 Å². The van der Waals surface area contributed by atoms with Crippen molar-refractivity contribution in [3.05, 3.63) is 47.5 Å². The molecule has 6 heteroatoms. The standard InChI is InChI=1S/C16H21FN4O/c1-12-20-15(11-16(21-12)19-9-10-22-2)18-8-7-13-3-5-14(17)6-4-13/h3-6,11H,7-10H2,1-2H3,(H2,18,19,20,21). The first-order valence-corrected chi connectivity index (χ1v) is 7.24. The molecule has 2 aromatic rings. The lowest BCUT2D eigenvalue weighted by Gasteiger charge is -2.10. The third-order valence-electron chi connectivity index (χ3n) is 3.08. The van der Waals surface area contributed by atoms with E-state index in [1.807, 2.05) is 13.0 Å². The summed E-state index contributed by atoms with van der Waals surface area (Å²) < 4.78 is 17.8. The van der Waals surface area contributed by atoms with E-state index in [0.29, 0.717) is 19.0 Å². The molecule has 0 unspecified atom stereocenters. The predicted octanol–water partition coefficient (Wildman–Crippen LogP) is 2.64. The number of nitrogens with zero attached hydrogens (tertiary/aromatic N) is 2. The minimum Gasteiger partial charge on any atom is -0.383 e. The molecule has 1 aromatic heterocycles. The highest BCUT2D eigenvalue weighted by molar-refractivity contribution is 5.47. The highest BCUT2D eigenvalue weighted by Crippen LogP contribution is 2.11. The molecule has 0 fully saturated rings. The topological polar surface area (TPSA) is 59.1 Å². The van der Waals surface area contributed by atoms with Crippen LogP contribution in [0.25, 0.3) is 0 Å². The molecule has 0 aliphatic rings. The zero-order valence-electron chi connectivity index (χ0n) is 12.9. The molecule has 5 nitrogen and oxygen atoms in total. The van der Waals surface area contributed by atoms with Crippen molar-refractivity contribution in [1.82, 2.24) is 9.97 Å². The molecule has 0 saturated carbocycles. The van der Waals surface area contributed by atoms with Gasteiger partial charge in [0.1, 0.15) is 23.3 Å². The Hall–Kier alpha value is -2.21. The molecule has 0 atom stereocenters. The zero-order valence-corrected chi connectivity index (χ0v) is 12.9. The van der Waals surface area contributed by atoms with Gasteiger partial charge >= 0.3 is 0 Å². The molecule has 118 valence electrons. The van der Waals surface area contributed by atoms with E-state index >= 15 is 0 Å². The minimum absolute atomic E-state index is 0.213. The lowest BCUT2D eigenvalue weighted by atomic mass is 10.1. The van der Waals surface area contributed by atoms with Crippen molar-refractivity contribution in [2.45, 2.75) is 13.3 Å². The SMILES string of the molecule is COCCNc1cc(NCCc2ccc(F)cc2)nc(C)n1. The largest absolute Gasteiger partial charge is 0.383 e. The molecule has 22 heavy (non-hydrogen) atoms. The van der Waals surface area contributed by atoms with Crippen LogP contribution in [-0.2, 0) is 11.2 Å². The van der Waals surface area contributed by atoms with E-state index in [9.17, 15) is 4.39 Å². The maximum absolute atomic E-state index is 12.8. The minimum atomic E-state index is -0.213. The Balaban J connectivity index is 1.87. The first-order valence-electron chi connectivity index (χ1n) is 7.24. The second-order valence-corrected chi connectivity index (χ2v) is 4.91. The fourth-order valence-corrected chi connectivity index (χ4v) is 2.02. The highest BCUT2D eigenvalue weighted by Gasteiger charge is 2.02. The maximum atomic E-state index is 12.8. The van der Waals surface area contributed by atoms with Crippen molar-refractivity contribution in [3.8, 4) is 0 Å². The lowest BCUT2D eigenvalue weighted by molar-refractivity contribution is 0.210. The van der Waals surface area contributed by atoms with E-state index in [0.717, 1.165) is 30.2 Å². The smallest absolute Gasteiger partial charge is 0.131 e. The highest BCUT2D eigenvalue weighted by atomic mass is 19.1. The van der Waals surface area contributed by atoms with Crippen LogP contribution in [0, 0.1) is 12.7 Å². The summed E-state index contributed by atoms with van der Waals surface area (Å²) in [6.07, 6.45) is 0.801. The van der Waals surface area contributed by atoms with Gasteiger partial charge in [-0.05, 0) is 31.0 Å². The molecule has 1 aromatic carbocycles. The molecule has 0 spiro atoms. The number of benzene rings is 1. The molecule has 1 heterocycles. The van der Waals surface area contributed by atoms with Gasteiger partial charge in [-0.1, -0.05) is 12.1 Å². The molecule has 2 N–H and O–H groups in total. The van der Waals surface area contributed by atoms with Crippen LogP contribution in [0.4, 0.5) is 16.0 Å². The third-order valence-corrected chi connectivity index (χ3v) is 3.08. The van der Waals surface area contributed by atoms with E-state index in [4.69, 9.17) is 4.74 Å². The van der Waals surface area contributed by atoms with Crippen molar-refractivity contribution in [2.24, 2.45) is 0 Å². The van der Waals surface area contributed by atoms with Crippen LogP contribution in [0.2, 0.25) is 0 Å². The van der Waals surface area contributed by atoms with Gasteiger partial charge in [-0.2, -0.15) is 0 Å². The van der Waals surface area contributed by atoms with E-state index in [1.54, 1.807) is 19.2 Å². The van der Waals surface area contributed by atoms with Gasteiger partial charge in [0, 0.05) is 26.3 Å². The van der Waals surface area contributed by atoms with Gasteiger partial charge < -0.3 is 15.4 Å². The van der Waals surface area contributed by atoms with Crippen molar-refractivity contribution < 1.29 is 9.13 Å². The Morgan fingerprint density at radius 2 is 1.68 bits per heavy atom. The van der Waals surface area contributed by atoms with Crippen molar-refractivity contribution in [2.75, 3.05) is 37.4 Å². The molecule has 0 saturated heterocycles. The number of rotatable bonds is 8. The average molecular weight is 304 g/mol. The summed E-state index contributed by atoms with van der Waals surface area (Å²) in [6.45, 7) is 3.89. The molecular formula is C16H21FN4O. The molecule has 0 aliphatic heterocycles. The summed E-state index contributed by atoms with van der Waals surface area (Å²) in [5.74, 6) is 2.03.